The molecule has 66 heavy (non-hydrogen) atoms. The van der Waals surface area contributed by atoms with Crippen molar-refractivity contribution in [1.29, 1.82) is 0 Å². The Balaban J connectivity index is 1.73. The summed E-state index contributed by atoms with van der Waals surface area (Å²) in [5.74, 6) is -2.23. The summed E-state index contributed by atoms with van der Waals surface area (Å²) in [6.07, 6.45) is -8.61. The van der Waals surface area contributed by atoms with E-state index in [9.17, 15) is 35.1 Å². The number of amides is 2. The fourth-order valence-corrected chi connectivity index (χ4v) is 10.2. The number of benzene rings is 1. The van der Waals surface area contributed by atoms with Gasteiger partial charge in [0, 0.05) is 56.9 Å². The zero-order valence-electron chi connectivity index (χ0n) is 41.9. The van der Waals surface area contributed by atoms with E-state index in [1.807, 2.05) is 37.7 Å². The Morgan fingerprint density at radius 1 is 0.939 bits per heavy atom. The number of aliphatic hydroxyl groups is 5. The molecule has 0 aliphatic carbocycles. The van der Waals surface area contributed by atoms with Crippen molar-refractivity contribution >= 4 is 17.7 Å². The number of ether oxygens (including phenoxy) is 7. The highest BCUT2D eigenvalue weighted by atomic mass is 16.7. The lowest BCUT2D eigenvalue weighted by Crippen LogP contribution is -2.60. The molecule has 0 bridgehead atoms. The zero-order valence-corrected chi connectivity index (χ0v) is 41.9. The zero-order chi connectivity index (χ0) is 49.5. The first-order valence-corrected chi connectivity index (χ1v) is 23.8. The second kappa shape index (κ2) is 23.7. The molecule has 3 fully saturated rings. The minimum absolute atomic E-state index is 0.0977. The number of hydrogen-bond acceptors (Lipinski definition) is 16. The third-order valence-electron chi connectivity index (χ3n) is 14.3. The predicted molar refractivity (Wildman–Crippen MR) is 248 cm³/mol. The second-order valence-electron chi connectivity index (χ2n) is 20.2. The van der Waals surface area contributed by atoms with Crippen molar-refractivity contribution in [3.05, 3.63) is 24.3 Å². The van der Waals surface area contributed by atoms with E-state index in [1.54, 1.807) is 79.8 Å². The second-order valence-corrected chi connectivity index (χ2v) is 20.2. The van der Waals surface area contributed by atoms with Gasteiger partial charge in [-0.05, 0) is 118 Å². The van der Waals surface area contributed by atoms with Crippen LogP contribution in [0.5, 0.6) is 5.75 Å². The minimum Gasteiger partial charge on any atom is -0.497 e. The number of cyclic esters (lactones) is 1. The highest BCUT2D eigenvalue weighted by Crippen LogP contribution is 2.40. The molecule has 380 valence electrons. The van der Waals surface area contributed by atoms with Gasteiger partial charge in [0.05, 0.1) is 48.6 Å². The van der Waals surface area contributed by atoms with E-state index in [1.165, 1.54) is 14.0 Å². The molecule has 0 unspecified atom stereocenters. The monoisotopic (exact) mass is 941 g/mol. The third-order valence-corrected chi connectivity index (χ3v) is 14.3. The molecule has 0 radical (unpaired) electrons. The highest BCUT2D eigenvalue weighted by molar-refractivity contribution is 5.89. The predicted octanol–water partition coefficient (Wildman–Crippen LogP) is 3.49. The molecule has 3 heterocycles. The Kier molecular flexibility index (Phi) is 20.1. The fourth-order valence-electron chi connectivity index (χ4n) is 10.2. The van der Waals surface area contributed by atoms with Gasteiger partial charge in [0.1, 0.15) is 35.8 Å². The number of nitrogens with one attached hydrogen (secondary N) is 2. The Morgan fingerprint density at radius 2 is 1.59 bits per heavy atom. The maximum atomic E-state index is 14.5. The number of aliphatic hydroxyl groups excluding tert-OH is 3. The quantitative estimate of drug-likeness (QED) is 0.111. The molecule has 0 saturated carbocycles. The molecule has 0 aromatic heterocycles. The van der Waals surface area contributed by atoms with Gasteiger partial charge in [-0.15, -0.1) is 0 Å². The first kappa shape index (κ1) is 55.9. The molecule has 18 atom stereocenters. The summed E-state index contributed by atoms with van der Waals surface area (Å²) < 4.78 is 43.2. The summed E-state index contributed by atoms with van der Waals surface area (Å²) in [6.45, 7) is 18.5. The van der Waals surface area contributed by atoms with Crippen LogP contribution in [0.15, 0.2) is 24.3 Å². The van der Waals surface area contributed by atoms with Crippen molar-refractivity contribution in [3.63, 3.8) is 0 Å². The van der Waals surface area contributed by atoms with Crippen LogP contribution in [0.1, 0.15) is 101 Å². The minimum atomic E-state index is -1.92. The summed E-state index contributed by atoms with van der Waals surface area (Å²) in [5, 5.41) is 65.5. The summed E-state index contributed by atoms with van der Waals surface area (Å²) in [7, 11) is 6.81. The number of likely N-dealkylation sites (N-methyl/N-ethyl adjacent to an activating group) is 1. The molecular formula is C48H84N4O14. The van der Waals surface area contributed by atoms with Crippen LogP contribution in [-0.4, -0.2) is 186 Å². The van der Waals surface area contributed by atoms with Crippen LogP contribution in [0.4, 0.5) is 10.5 Å². The maximum Gasteiger partial charge on any atom is 0.319 e. The number of hydrogen-bond donors (Lipinski definition) is 7. The number of anilines is 1. The van der Waals surface area contributed by atoms with E-state index >= 15 is 0 Å². The summed E-state index contributed by atoms with van der Waals surface area (Å²) in [4.78, 5) is 31.3. The van der Waals surface area contributed by atoms with Crippen molar-refractivity contribution < 1.29 is 68.3 Å². The number of esters is 1. The third kappa shape index (κ3) is 13.7. The summed E-state index contributed by atoms with van der Waals surface area (Å²) >= 11 is 0. The molecule has 1 aromatic carbocycles. The number of rotatable bonds is 13. The molecule has 0 spiro atoms. The molecule has 3 aliphatic heterocycles. The van der Waals surface area contributed by atoms with E-state index in [2.05, 4.69) is 10.6 Å². The van der Waals surface area contributed by atoms with Crippen LogP contribution < -0.4 is 15.4 Å². The summed E-state index contributed by atoms with van der Waals surface area (Å²) in [5.41, 5.74) is -4.05. The molecule has 3 saturated heterocycles. The Bertz CT molecular complexity index is 1670. The van der Waals surface area contributed by atoms with Crippen LogP contribution in [-0.2, 0) is 33.2 Å². The molecule has 18 nitrogen and oxygen atoms in total. The molecule has 18 heteroatoms. The van der Waals surface area contributed by atoms with Gasteiger partial charge in [-0.3, -0.25) is 9.69 Å². The molecular weight excluding hydrogens is 857 g/mol. The van der Waals surface area contributed by atoms with E-state index < -0.39 is 102 Å². The van der Waals surface area contributed by atoms with E-state index in [4.69, 9.17) is 33.2 Å². The average Bonchev–Trinajstić information content (AvgIpc) is 3.25. The van der Waals surface area contributed by atoms with E-state index in [0.717, 1.165) is 0 Å². The number of nitrogens with zero attached hydrogens (tertiary/aromatic N) is 2. The number of methoxy groups -OCH3 is 2. The van der Waals surface area contributed by atoms with Crippen molar-refractivity contribution in [2.45, 2.75) is 192 Å². The maximum absolute atomic E-state index is 14.5. The van der Waals surface area contributed by atoms with Crippen LogP contribution in [0.3, 0.4) is 0 Å². The molecule has 3 aliphatic rings. The topological polar surface area (TPSA) is 230 Å². The highest BCUT2D eigenvalue weighted by Gasteiger charge is 2.53. The van der Waals surface area contributed by atoms with Crippen LogP contribution >= 0.6 is 0 Å². The lowest BCUT2D eigenvalue weighted by molar-refractivity contribution is -0.318. The normalized spacial score (nSPS) is 41.3. The van der Waals surface area contributed by atoms with Crippen molar-refractivity contribution in [3.8, 4) is 5.75 Å². The van der Waals surface area contributed by atoms with Crippen molar-refractivity contribution in [2.24, 2.45) is 17.8 Å². The molecule has 2 amide bonds. The van der Waals surface area contributed by atoms with Crippen LogP contribution in [0.2, 0.25) is 0 Å². The Hall–Kier alpha value is -2.72. The van der Waals surface area contributed by atoms with E-state index in [-0.39, 0.29) is 43.9 Å². The number of urea groups is 1. The first-order valence-electron chi connectivity index (χ1n) is 23.8. The largest absolute Gasteiger partial charge is 0.497 e. The summed E-state index contributed by atoms with van der Waals surface area (Å²) in [6, 6.07) is 5.55. The van der Waals surface area contributed by atoms with Gasteiger partial charge in [0.15, 0.2) is 12.6 Å². The van der Waals surface area contributed by atoms with Gasteiger partial charge < -0.3 is 74.2 Å². The van der Waals surface area contributed by atoms with Gasteiger partial charge in [0.2, 0.25) is 0 Å². The smallest absolute Gasteiger partial charge is 0.319 e. The lowest BCUT2D eigenvalue weighted by Gasteiger charge is -2.48. The van der Waals surface area contributed by atoms with E-state index in [0.29, 0.717) is 37.4 Å². The van der Waals surface area contributed by atoms with Crippen molar-refractivity contribution in [1.82, 2.24) is 15.1 Å². The van der Waals surface area contributed by atoms with Gasteiger partial charge in [-0.25, -0.2) is 4.79 Å². The van der Waals surface area contributed by atoms with Crippen LogP contribution in [0, 0.1) is 17.8 Å². The number of carbonyl (C=O) groups is 2. The first-order chi connectivity index (χ1) is 30.8. The SMILES string of the molecule is CC[C@H]1OC(=O)[C@H](C)[C@@H](O[C@H]2C[C@@](C)(OC)[C@@H](O)[C@H](C)O2)[C@H](C)[C@@H](O[C@@H]2O[C@H](C)C[C@H](N(C)C)[C@H]2O)[C@](C)(O)C[C@@H](C)CN(CCCNC(=O)Nc2ccc(OC)cc2)[C@H](C)[C@@H](O)[C@]1(C)O. The lowest BCUT2D eigenvalue weighted by atomic mass is 9.77. The average molecular weight is 941 g/mol. The molecule has 1 aromatic rings. The van der Waals surface area contributed by atoms with Crippen LogP contribution in [0.25, 0.3) is 0 Å². The Morgan fingerprint density at radius 3 is 2.18 bits per heavy atom. The molecule has 7 N–H and O–H groups in total. The number of carbonyl (C=O) groups excluding carboxylic acids is 2. The van der Waals surface area contributed by atoms with Gasteiger partial charge in [0.25, 0.3) is 0 Å². The molecule has 4 rings (SSSR count). The standard InChI is InChI=1S/C48H84N4O14/c1-15-36-48(10,59)40(54)31(6)52(22-16-21-49-45(57)50-33-17-19-34(60-13)20-18-33)26-27(2)24-46(8,58)42(66-44-38(53)35(51(11)12)23-28(3)62-44)29(4)39(30(5)43(56)64-36)65-37-25-47(9,61-14)41(55)32(7)63-37/h17-20,27-32,35-42,44,53-55,58-59H,15-16,21-26H2,1-14H3,(H2,49,50,57)/t27-,28-,29+,30-,31-,32+,35+,36-,37+,38-,39+,40-,41+,42-,44+,46-,47-,48-/m1/s1. The fraction of sp³-hybridized carbons (Fsp3) is 0.833. The van der Waals surface area contributed by atoms with Gasteiger partial charge in [-0.1, -0.05) is 20.8 Å². The Labute approximate surface area is 392 Å². The van der Waals surface area contributed by atoms with Gasteiger partial charge in [-0.2, -0.15) is 0 Å². The van der Waals surface area contributed by atoms with Gasteiger partial charge >= 0.3 is 12.0 Å². The van der Waals surface area contributed by atoms with Crippen molar-refractivity contribution in [2.75, 3.05) is 53.3 Å².